The summed E-state index contributed by atoms with van der Waals surface area (Å²) < 4.78 is 5.12. The lowest BCUT2D eigenvalue weighted by atomic mass is 10.2. The average molecular weight is 331 g/mol. The Morgan fingerprint density at radius 1 is 0.900 bits per heavy atom. The van der Waals surface area contributed by atoms with E-state index in [1.54, 1.807) is 19.2 Å². The van der Waals surface area contributed by atoms with E-state index in [-0.39, 0.29) is 0 Å². The molecule has 0 heterocycles. The Labute approximate surface area is 133 Å². The maximum atomic E-state index is 6.15. The molecule has 0 aliphatic carbocycles. The Bertz CT molecular complexity index is 584. The van der Waals surface area contributed by atoms with Crippen molar-refractivity contribution >= 4 is 34.8 Å². The summed E-state index contributed by atoms with van der Waals surface area (Å²) in [7, 11) is 1.65. The van der Waals surface area contributed by atoms with Gasteiger partial charge in [0.05, 0.1) is 17.2 Å². The van der Waals surface area contributed by atoms with Gasteiger partial charge in [-0.1, -0.05) is 46.9 Å². The Morgan fingerprint density at radius 2 is 1.55 bits per heavy atom. The summed E-state index contributed by atoms with van der Waals surface area (Å²) >= 11 is 18.3. The fraction of sp³-hybridized carbons (Fsp3) is 0.200. The molecule has 20 heavy (non-hydrogen) atoms. The second kappa shape index (κ2) is 7.19. The fourth-order valence-electron chi connectivity index (χ4n) is 1.81. The molecule has 2 aromatic carbocycles. The fourth-order valence-corrected chi connectivity index (χ4v) is 2.49. The SMILES string of the molecule is COc1ccc(CNCc2c(Cl)ccc(Cl)c2Cl)cc1. The summed E-state index contributed by atoms with van der Waals surface area (Å²) in [6.07, 6.45) is 0. The molecule has 5 heteroatoms. The Kier molecular flexibility index (Phi) is 5.55. The maximum absolute atomic E-state index is 6.15. The van der Waals surface area contributed by atoms with E-state index < -0.39 is 0 Å². The van der Waals surface area contributed by atoms with E-state index in [0.717, 1.165) is 16.9 Å². The Hall–Kier alpha value is -0.930. The smallest absolute Gasteiger partial charge is 0.118 e. The third-order valence-corrected chi connectivity index (χ3v) is 4.13. The molecule has 2 rings (SSSR count). The molecule has 0 fully saturated rings. The van der Waals surface area contributed by atoms with Crippen LogP contribution in [0.15, 0.2) is 36.4 Å². The van der Waals surface area contributed by atoms with Gasteiger partial charge in [0.2, 0.25) is 0 Å². The van der Waals surface area contributed by atoms with E-state index in [4.69, 9.17) is 39.5 Å². The molecule has 0 aromatic heterocycles. The summed E-state index contributed by atoms with van der Waals surface area (Å²) in [5.74, 6) is 0.842. The number of benzene rings is 2. The molecule has 0 saturated heterocycles. The third-order valence-electron chi connectivity index (χ3n) is 2.93. The van der Waals surface area contributed by atoms with Crippen LogP contribution in [0, 0.1) is 0 Å². The molecule has 106 valence electrons. The van der Waals surface area contributed by atoms with Gasteiger partial charge < -0.3 is 10.1 Å². The van der Waals surface area contributed by atoms with Gasteiger partial charge in [0.15, 0.2) is 0 Å². The van der Waals surface area contributed by atoms with Crippen LogP contribution in [0.3, 0.4) is 0 Å². The number of hydrogen-bond acceptors (Lipinski definition) is 2. The van der Waals surface area contributed by atoms with Crippen LogP contribution in [0.1, 0.15) is 11.1 Å². The maximum Gasteiger partial charge on any atom is 0.118 e. The molecule has 0 unspecified atom stereocenters. The molecule has 0 aliphatic rings. The van der Waals surface area contributed by atoms with Crippen LogP contribution in [0.25, 0.3) is 0 Å². The van der Waals surface area contributed by atoms with Crippen molar-refractivity contribution in [3.05, 3.63) is 62.6 Å². The predicted molar refractivity (Wildman–Crippen MR) is 85.0 cm³/mol. The predicted octanol–water partition coefficient (Wildman–Crippen LogP) is 4.95. The topological polar surface area (TPSA) is 21.3 Å². The zero-order chi connectivity index (χ0) is 14.5. The highest BCUT2D eigenvalue weighted by molar-refractivity contribution is 6.44. The van der Waals surface area contributed by atoms with E-state index in [0.29, 0.717) is 28.2 Å². The number of nitrogens with one attached hydrogen (secondary N) is 1. The summed E-state index contributed by atoms with van der Waals surface area (Å²) in [5, 5.41) is 4.92. The molecule has 0 atom stereocenters. The van der Waals surface area contributed by atoms with Crippen molar-refractivity contribution < 1.29 is 4.74 Å². The van der Waals surface area contributed by atoms with Gasteiger partial charge in [0.1, 0.15) is 5.75 Å². The molecule has 2 aromatic rings. The molecule has 0 spiro atoms. The monoisotopic (exact) mass is 329 g/mol. The van der Waals surface area contributed by atoms with Crippen molar-refractivity contribution in [2.24, 2.45) is 0 Å². The van der Waals surface area contributed by atoms with Crippen LogP contribution >= 0.6 is 34.8 Å². The third kappa shape index (κ3) is 3.80. The van der Waals surface area contributed by atoms with Crippen molar-refractivity contribution in [2.45, 2.75) is 13.1 Å². The molecular weight excluding hydrogens is 317 g/mol. The highest BCUT2D eigenvalue weighted by atomic mass is 35.5. The van der Waals surface area contributed by atoms with Crippen LogP contribution in [0.5, 0.6) is 5.75 Å². The number of halogens is 3. The minimum Gasteiger partial charge on any atom is -0.497 e. The lowest BCUT2D eigenvalue weighted by Crippen LogP contribution is -2.13. The van der Waals surface area contributed by atoms with E-state index in [1.165, 1.54) is 0 Å². The molecule has 0 saturated carbocycles. The van der Waals surface area contributed by atoms with Gasteiger partial charge in [-0.15, -0.1) is 0 Å². The van der Waals surface area contributed by atoms with Crippen LogP contribution in [-0.4, -0.2) is 7.11 Å². The van der Waals surface area contributed by atoms with E-state index in [9.17, 15) is 0 Å². The summed E-state index contributed by atoms with van der Waals surface area (Å²) in [6.45, 7) is 1.27. The normalized spacial score (nSPS) is 10.6. The van der Waals surface area contributed by atoms with Gasteiger partial charge in [-0.3, -0.25) is 0 Å². The molecule has 0 aliphatic heterocycles. The van der Waals surface area contributed by atoms with Crippen molar-refractivity contribution in [1.29, 1.82) is 0 Å². The molecule has 2 nitrogen and oxygen atoms in total. The second-order valence-corrected chi connectivity index (χ2v) is 5.47. The lowest BCUT2D eigenvalue weighted by Gasteiger charge is -2.10. The number of rotatable bonds is 5. The summed E-state index contributed by atoms with van der Waals surface area (Å²) in [6, 6.07) is 11.3. The molecule has 0 radical (unpaired) electrons. The van der Waals surface area contributed by atoms with Crippen molar-refractivity contribution in [3.8, 4) is 5.75 Å². The average Bonchev–Trinajstić information content (AvgIpc) is 2.47. The molecule has 1 N–H and O–H groups in total. The van der Waals surface area contributed by atoms with Crippen LogP contribution in [-0.2, 0) is 13.1 Å². The van der Waals surface area contributed by atoms with Crippen molar-refractivity contribution in [3.63, 3.8) is 0 Å². The number of ether oxygens (including phenoxy) is 1. The van der Waals surface area contributed by atoms with Crippen molar-refractivity contribution in [2.75, 3.05) is 7.11 Å². The van der Waals surface area contributed by atoms with Gasteiger partial charge in [-0.25, -0.2) is 0 Å². The first kappa shape index (κ1) is 15.5. The van der Waals surface area contributed by atoms with E-state index in [1.807, 2.05) is 24.3 Å². The highest BCUT2D eigenvalue weighted by Crippen LogP contribution is 2.31. The first-order valence-corrected chi connectivity index (χ1v) is 7.21. The van der Waals surface area contributed by atoms with Crippen LogP contribution < -0.4 is 10.1 Å². The Morgan fingerprint density at radius 3 is 2.20 bits per heavy atom. The van der Waals surface area contributed by atoms with E-state index >= 15 is 0 Å². The number of hydrogen-bond donors (Lipinski definition) is 1. The van der Waals surface area contributed by atoms with Gasteiger partial charge in [0, 0.05) is 23.7 Å². The van der Waals surface area contributed by atoms with Crippen LogP contribution in [0.2, 0.25) is 15.1 Å². The van der Waals surface area contributed by atoms with Gasteiger partial charge >= 0.3 is 0 Å². The molecule has 0 amide bonds. The standard InChI is InChI=1S/C15H14Cl3NO/c1-20-11-4-2-10(3-5-11)8-19-9-12-13(16)6-7-14(17)15(12)18/h2-7,19H,8-9H2,1H3. The molecular formula is C15H14Cl3NO. The second-order valence-electron chi connectivity index (χ2n) is 4.27. The van der Waals surface area contributed by atoms with Gasteiger partial charge in [-0.05, 0) is 29.8 Å². The largest absolute Gasteiger partial charge is 0.497 e. The van der Waals surface area contributed by atoms with Gasteiger partial charge in [-0.2, -0.15) is 0 Å². The lowest BCUT2D eigenvalue weighted by molar-refractivity contribution is 0.414. The Balaban J connectivity index is 1.97. The first-order valence-electron chi connectivity index (χ1n) is 6.08. The minimum absolute atomic E-state index is 0.501. The quantitative estimate of drug-likeness (QED) is 0.784. The molecule has 0 bridgehead atoms. The van der Waals surface area contributed by atoms with E-state index in [2.05, 4.69) is 5.32 Å². The van der Waals surface area contributed by atoms with Gasteiger partial charge in [0.25, 0.3) is 0 Å². The zero-order valence-corrected chi connectivity index (χ0v) is 13.2. The van der Waals surface area contributed by atoms with Crippen molar-refractivity contribution in [1.82, 2.24) is 5.32 Å². The summed E-state index contributed by atoms with van der Waals surface area (Å²) in [5.41, 5.74) is 1.97. The highest BCUT2D eigenvalue weighted by Gasteiger charge is 2.09. The minimum atomic E-state index is 0.501. The first-order chi connectivity index (χ1) is 9.61. The zero-order valence-electron chi connectivity index (χ0n) is 10.9. The van der Waals surface area contributed by atoms with Crippen LogP contribution in [0.4, 0.5) is 0 Å². The number of methoxy groups -OCH3 is 1. The summed E-state index contributed by atoms with van der Waals surface area (Å²) in [4.78, 5) is 0.